The van der Waals surface area contributed by atoms with Gasteiger partial charge in [-0.1, -0.05) is 50.8 Å². The minimum atomic E-state index is -0.310. The molecule has 6 nitrogen and oxygen atoms in total. The number of hydrogen-bond acceptors (Lipinski definition) is 4. The quantitative estimate of drug-likeness (QED) is 0.208. The van der Waals surface area contributed by atoms with Gasteiger partial charge in [0.2, 0.25) is 0 Å². The Morgan fingerprint density at radius 2 is 1.69 bits per heavy atom. The normalized spacial score (nSPS) is 14.7. The summed E-state index contributed by atoms with van der Waals surface area (Å²) in [4.78, 5) is 19.6. The van der Waals surface area contributed by atoms with Gasteiger partial charge in [0.05, 0.1) is 20.8 Å². The van der Waals surface area contributed by atoms with Gasteiger partial charge in [-0.15, -0.1) is 0 Å². The van der Waals surface area contributed by atoms with E-state index in [1.54, 1.807) is 14.2 Å². The standard InChI is InChI=1S/C33H38N2O4/c1-4-5-6-7-10-21-39-24-15-13-23(14-16-24)33(36)35-20-19-26-28-22-25(37-2)17-18-29(28)34-31(26)32(35)27-11-8-9-12-30(27)38-3/h8-9,11-18,22,32,34H,4-7,10,19-21H2,1-3H3/t32-/m1/s1. The highest BCUT2D eigenvalue weighted by Crippen LogP contribution is 2.42. The molecule has 0 saturated heterocycles. The molecular formula is C33H38N2O4. The van der Waals surface area contributed by atoms with Crippen LogP contribution < -0.4 is 14.2 Å². The average molecular weight is 527 g/mol. The van der Waals surface area contributed by atoms with Gasteiger partial charge in [0.1, 0.15) is 23.3 Å². The number of amides is 1. The summed E-state index contributed by atoms with van der Waals surface area (Å²) in [5.74, 6) is 2.36. The lowest BCUT2D eigenvalue weighted by Gasteiger charge is -2.37. The van der Waals surface area contributed by atoms with Crippen molar-refractivity contribution < 1.29 is 19.0 Å². The summed E-state index contributed by atoms with van der Waals surface area (Å²) in [7, 11) is 3.36. The van der Waals surface area contributed by atoms with Crippen LogP contribution in [0.25, 0.3) is 10.9 Å². The van der Waals surface area contributed by atoms with E-state index in [1.165, 1.54) is 31.2 Å². The highest BCUT2D eigenvalue weighted by Gasteiger charge is 2.36. The number of para-hydroxylation sites is 1. The summed E-state index contributed by atoms with van der Waals surface area (Å²) in [6, 6.07) is 21.3. The van der Waals surface area contributed by atoms with E-state index in [9.17, 15) is 4.79 Å². The molecule has 39 heavy (non-hydrogen) atoms. The number of hydrogen-bond donors (Lipinski definition) is 1. The van der Waals surface area contributed by atoms with E-state index in [2.05, 4.69) is 18.0 Å². The lowest BCUT2D eigenvalue weighted by molar-refractivity contribution is 0.0690. The van der Waals surface area contributed by atoms with Gasteiger partial charge in [0, 0.05) is 34.3 Å². The molecule has 0 aliphatic carbocycles. The Morgan fingerprint density at radius 1 is 0.923 bits per heavy atom. The predicted molar refractivity (Wildman–Crippen MR) is 155 cm³/mol. The van der Waals surface area contributed by atoms with E-state index >= 15 is 0 Å². The number of unbranched alkanes of at least 4 members (excludes halogenated alkanes) is 4. The second kappa shape index (κ2) is 12.3. The molecule has 0 spiro atoms. The van der Waals surface area contributed by atoms with Crippen LogP contribution in [-0.4, -0.2) is 43.2 Å². The number of rotatable bonds is 11. The molecule has 1 aromatic heterocycles. The molecule has 3 aromatic carbocycles. The molecule has 1 N–H and O–H groups in total. The van der Waals surface area contributed by atoms with Crippen LogP contribution in [0.3, 0.4) is 0 Å². The molecule has 0 radical (unpaired) electrons. The lowest BCUT2D eigenvalue weighted by atomic mass is 9.91. The van der Waals surface area contributed by atoms with Crippen LogP contribution >= 0.6 is 0 Å². The van der Waals surface area contributed by atoms with Crippen LogP contribution in [0.15, 0.2) is 66.7 Å². The molecule has 2 heterocycles. The highest BCUT2D eigenvalue weighted by atomic mass is 16.5. The molecule has 0 fully saturated rings. The third-order valence-corrected chi connectivity index (χ3v) is 7.65. The Balaban J connectivity index is 1.43. The number of carbonyl (C=O) groups is 1. The number of aromatic nitrogens is 1. The van der Waals surface area contributed by atoms with Crippen molar-refractivity contribution in [3.05, 3.63) is 89.1 Å². The number of fused-ring (bicyclic) bond motifs is 3. The fourth-order valence-electron chi connectivity index (χ4n) is 5.58. The molecule has 0 bridgehead atoms. The zero-order valence-electron chi connectivity index (χ0n) is 23.2. The van der Waals surface area contributed by atoms with Crippen LogP contribution in [0.4, 0.5) is 0 Å². The van der Waals surface area contributed by atoms with Gasteiger partial charge >= 0.3 is 0 Å². The Bertz CT molecular complexity index is 1410. The molecule has 4 aromatic rings. The number of aromatic amines is 1. The molecule has 1 amide bonds. The lowest BCUT2D eigenvalue weighted by Crippen LogP contribution is -2.40. The maximum absolute atomic E-state index is 14.0. The molecule has 0 saturated carbocycles. The van der Waals surface area contributed by atoms with Crippen molar-refractivity contribution in [2.24, 2.45) is 0 Å². The molecule has 0 unspecified atom stereocenters. The number of ether oxygens (including phenoxy) is 3. The molecule has 1 aliphatic heterocycles. The molecule has 6 heteroatoms. The maximum atomic E-state index is 14.0. The topological polar surface area (TPSA) is 63.8 Å². The van der Waals surface area contributed by atoms with E-state index in [0.29, 0.717) is 18.7 Å². The number of methoxy groups -OCH3 is 2. The molecule has 5 rings (SSSR count). The van der Waals surface area contributed by atoms with Crippen LogP contribution in [0.5, 0.6) is 17.2 Å². The van der Waals surface area contributed by atoms with Crippen molar-refractivity contribution in [2.75, 3.05) is 27.4 Å². The van der Waals surface area contributed by atoms with Gasteiger partial charge in [-0.05, 0) is 66.9 Å². The zero-order chi connectivity index (χ0) is 27.2. The van der Waals surface area contributed by atoms with Crippen molar-refractivity contribution in [3.8, 4) is 17.2 Å². The first-order valence-corrected chi connectivity index (χ1v) is 14.0. The average Bonchev–Trinajstić information content (AvgIpc) is 3.36. The van der Waals surface area contributed by atoms with Crippen LogP contribution in [0.1, 0.15) is 72.2 Å². The Labute approximate surface area is 230 Å². The number of benzene rings is 3. The van der Waals surface area contributed by atoms with Gasteiger partial charge in [0.25, 0.3) is 5.91 Å². The first-order chi connectivity index (χ1) is 19.1. The van der Waals surface area contributed by atoms with E-state index < -0.39 is 0 Å². The Kier molecular flexibility index (Phi) is 8.40. The Morgan fingerprint density at radius 3 is 2.46 bits per heavy atom. The van der Waals surface area contributed by atoms with Crippen molar-refractivity contribution in [3.63, 3.8) is 0 Å². The van der Waals surface area contributed by atoms with E-state index in [1.807, 2.05) is 65.6 Å². The van der Waals surface area contributed by atoms with Gasteiger partial charge in [-0.2, -0.15) is 0 Å². The van der Waals surface area contributed by atoms with E-state index in [0.717, 1.165) is 52.3 Å². The van der Waals surface area contributed by atoms with Crippen molar-refractivity contribution in [1.29, 1.82) is 0 Å². The van der Waals surface area contributed by atoms with Crippen molar-refractivity contribution >= 4 is 16.8 Å². The molecule has 1 aliphatic rings. The summed E-state index contributed by atoms with van der Waals surface area (Å²) in [5, 5.41) is 1.13. The largest absolute Gasteiger partial charge is 0.497 e. The third kappa shape index (κ3) is 5.60. The number of nitrogens with zero attached hydrogens (tertiary/aromatic N) is 1. The molecule has 204 valence electrons. The third-order valence-electron chi connectivity index (χ3n) is 7.65. The van der Waals surface area contributed by atoms with Crippen molar-refractivity contribution in [1.82, 2.24) is 9.88 Å². The van der Waals surface area contributed by atoms with Crippen LogP contribution in [-0.2, 0) is 6.42 Å². The molecule has 1 atom stereocenters. The highest BCUT2D eigenvalue weighted by molar-refractivity contribution is 5.96. The first kappa shape index (κ1) is 26.7. The van der Waals surface area contributed by atoms with E-state index in [-0.39, 0.29) is 11.9 Å². The summed E-state index contributed by atoms with van der Waals surface area (Å²) < 4.78 is 17.2. The fraction of sp³-hybridized carbons (Fsp3) is 0.364. The first-order valence-electron chi connectivity index (χ1n) is 14.0. The summed E-state index contributed by atoms with van der Waals surface area (Å²) >= 11 is 0. The monoisotopic (exact) mass is 526 g/mol. The summed E-state index contributed by atoms with van der Waals surface area (Å²) in [5.41, 5.74) is 4.87. The summed E-state index contributed by atoms with van der Waals surface area (Å²) in [6.07, 6.45) is 6.75. The zero-order valence-corrected chi connectivity index (χ0v) is 23.2. The number of nitrogens with one attached hydrogen (secondary N) is 1. The van der Waals surface area contributed by atoms with Crippen molar-refractivity contribution in [2.45, 2.75) is 51.5 Å². The number of carbonyl (C=O) groups excluding carboxylic acids is 1. The smallest absolute Gasteiger partial charge is 0.254 e. The second-order valence-electron chi connectivity index (χ2n) is 10.1. The van der Waals surface area contributed by atoms with Crippen LogP contribution in [0, 0.1) is 0 Å². The minimum absolute atomic E-state index is 0.0149. The Hall–Kier alpha value is -3.93. The van der Waals surface area contributed by atoms with E-state index in [4.69, 9.17) is 14.2 Å². The van der Waals surface area contributed by atoms with Gasteiger partial charge in [0.15, 0.2) is 0 Å². The number of H-pyrrole nitrogens is 1. The second-order valence-corrected chi connectivity index (χ2v) is 10.1. The predicted octanol–water partition coefficient (Wildman–Crippen LogP) is 7.32. The van der Waals surface area contributed by atoms with Gasteiger partial charge in [-0.3, -0.25) is 4.79 Å². The molecular weight excluding hydrogens is 488 g/mol. The van der Waals surface area contributed by atoms with Gasteiger partial charge < -0.3 is 24.1 Å². The minimum Gasteiger partial charge on any atom is -0.497 e. The SMILES string of the molecule is CCCCCCCOc1ccc(C(=O)N2CCc3c([nH]c4ccc(OC)cc34)[C@H]2c2ccccc2OC)cc1. The maximum Gasteiger partial charge on any atom is 0.254 e. The van der Waals surface area contributed by atoms with Crippen LogP contribution in [0.2, 0.25) is 0 Å². The fourth-order valence-corrected chi connectivity index (χ4v) is 5.58. The summed E-state index contributed by atoms with van der Waals surface area (Å²) in [6.45, 7) is 3.51. The van der Waals surface area contributed by atoms with Gasteiger partial charge in [-0.25, -0.2) is 0 Å².